The predicted octanol–water partition coefficient (Wildman–Crippen LogP) is 5.26. The van der Waals surface area contributed by atoms with Crippen molar-refractivity contribution in [2.45, 2.75) is 77.1 Å². The molecule has 0 aromatic heterocycles. The summed E-state index contributed by atoms with van der Waals surface area (Å²) in [6.45, 7) is 5.37. The van der Waals surface area contributed by atoms with Gasteiger partial charge in [0.15, 0.2) is 0 Å². The Bertz CT molecular complexity index is 1590. The minimum atomic E-state index is -0.355. The van der Waals surface area contributed by atoms with Gasteiger partial charge in [0, 0.05) is 48.4 Å². The van der Waals surface area contributed by atoms with Crippen molar-refractivity contribution in [3.05, 3.63) is 83.4 Å². The van der Waals surface area contributed by atoms with E-state index in [1.165, 1.54) is 6.42 Å². The molecule has 1 aliphatic heterocycles. The summed E-state index contributed by atoms with van der Waals surface area (Å²) in [7, 11) is 2.01. The van der Waals surface area contributed by atoms with Crippen molar-refractivity contribution in [2.24, 2.45) is 5.92 Å². The molecule has 262 valence electrons. The van der Waals surface area contributed by atoms with Crippen LogP contribution in [-0.2, 0) is 17.8 Å². The van der Waals surface area contributed by atoms with Crippen LogP contribution in [0.3, 0.4) is 0 Å². The zero-order chi connectivity index (χ0) is 34.9. The lowest BCUT2D eigenvalue weighted by Gasteiger charge is -2.34. The van der Waals surface area contributed by atoms with Crippen LogP contribution in [0.25, 0.3) is 0 Å². The number of urea groups is 1. The minimum Gasteiger partial charge on any atom is -0.488 e. The maximum Gasteiger partial charge on any atom is 0.319 e. The summed E-state index contributed by atoms with van der Waals surface area (Å²) in [5, 5.41) is 18.9. The number of aliphatic hydroxyl groups excluding tert-OH is 1. The topological polar surface area (TPSA) is 149 Å². The summed E-state index contributed by atoms with van der Waals surface area (Å²) in [6, 6.07) is 19.6. The van der Waals surface area contributed by atoms with E-state index in [1.807, 2.05) is 56.4 Å². The van der Waals surface area contributed by atoms with Gasteiger partial charge >= 0.3 is 6.03 Å². The Labute approximate surface area is 289 Å². The van der Waals surface area contributed by atoms with E-state index >= 15 is 0 Å². The smallest absolute Gasteiger partial charge is 0.319 e. The fourth-order valence-electron chi connectivity index (χ4n) is 6.57. The third-order valence-corrected chi connectivity index (χ3v) is 9.48. The summed E-state index contributed by atoms with van der Waals surface area (Å²) in [5.74, 6) is 0.213. The summed E-state index contributed by atoms with van der Waals surface area (Å²) < 4.78 is 6.67. The Morgan fingerprint density at radius 2 is 1.78 bits per heavy atom. The normalized spacial score (nSPS) is 19.1. The van der Waals surface area contributed by atoms with Crippen LogP contribution in [0.4, 0.5) is 21.9 Å². The number of carbonyl (C=O) groups excluding carboxylic acids is 3. The third kappa shape index (κ3) is 9.73. The van der Waals surface area contributed by atoms with Crippen LogP contribution in [-0.4, -0.2) is 77.7 Å². The van der Waals surface area contributed by atoms with Crippen molar-refractivity contribution >= 4 is 34.9 Å². The number of anilines is 3. The molecule has 1 saturated carbocycles. The molecule has 1 heterocycles. The number of rotatable bonds is 10. The van der Waals surface area contributed by atoms with Gasteiger partial charge in [-0.1, -0.05) is 50.5 Å². The monoisotopic (exact) mass is 670 g/mol. The van der Waals surface area contributed by atoms with Gasteiger partial charge in [-0.3, -0.25) is 14.5 Å². The van der Waals surface area contributed by atoms with E-state index in [0.29, 0.717) is 53.6 Å². The second-order valence-corrected chi connectivity index (χ2v) is 13.6. The van der Waals surface area contributed by atoms with Crippen molar-refractivity contribution in [1.29, 1.82) is 0 Å². The van der Waals surface area contributed by atoms with Crippen LogP contribution < -0.4 is 26.4 Å². The largest absolute Gasteiger partial charge is 0.488 e. The van der Waals surface area contributed by atoms with Gasteiger partial charge in [0.05, 0.1) is 30.4 Å². The van der Waals surface area contributed by atoms with Crippen LogP contribution in [0.5, 0.6) is 5.75 Å². The molecule has 0 unspecified atom stereocenters. The number of hydrogen-bond acceptors (Lipinski definition) is 7. The first-order chi connectivity index (χ1) is 23.6. The van der Waals surface area contributed by atoms with Gasteiger partial charge in [-0.05, 0) is 74.8 Å². The number of aliphatic hydroxyl groups is 1. The van der Waals surface area contributed by atoms with Crippen LogP contribution in [0.15, 0.2) is 66.7 Å². The molecule has 49 heavy (non-hydrogen) atoms. The molecular formula is C38H50N6O5. The van der Waals surface area contributed by atoms with E-state index in [2.05, 4.69) is 27.8 Å². The molecule has 0 spiro atoms. The van der Waals surface area contributed by atoms with Crippen LogP contribution in [0.2, 0.25) is 0 Å². The van der Waals surface area contributed by atoms with E-state index in [1.54, 1.807) is 29.2 Å². The van der Waals surface area contributed by atoms with Crippen molar-refractivity contribution in [3.8, 4) is 5.75 Å². The molecule has 3 aromatic carbocycles. The lowest BCUT2D eigenvalue weighted by atomic mass is 9.96. The molecule has 1 fully saturated rings. The molecule has 4 amide bonds. The van der Waals surface area contributed by atoms with Crippen molar-refractivity contribution in [1.82, 2.24) is 15.1 Å². The van der Waals surface area contributed by atoms with Gasteiger partial charge in [0.1, 0.15) is 11.9 Å². The van der Waals surface area contributed by atoms with Gasteiger partial charge in [0.2, 0.25) is 5.91 Å². The Morgan fingerprint density at radius 1 is 1.04 bits per heavy atom. The highest BCUT2D eigenvalue weighted by Crippen LogP contribution is 2.30. The molecule has 11 nitrogen and oxygen atoms in total. The number of hydrogen-bond donors (Lipinski definition) is 5. The number of likely N-dealkylation sites (N-methyl/N-ethyl adjacent to an activating group) is 1. The van der Waals surface area contributed by atoms with Crippen molar-refractivity contribution in [2.75, 3.05) is 43.1 Å². The van der Waals surface area contributed by atoms with Gasteiger partial charge in [0.25, 0.3) is 5.91 Å². The summed E-state index contributed by atoms with van der Waals surface area (Å²) >= 11 is 0. The molecule has 1 aliphatic carbocycles. The first-order valence-electron chi connectivity index (χ1n) is 17.3. The van der Waals surface area contributed by atoms with Gasteiger partial charge in [-0.2, -0.15) is 0 Å². The highest BCUT2D eigenvalue weighted by molar-refractivity contribution is 6.05. The maximum atomic E-state index is 13.6. The molecule has 0 saturated heterocycles. The average Bonchev–Trinajstić information content (AvgIpc) is 3.13. The van der Waals surface area contributed by atoms with E-state index in [4.69, 9.17) is 10.5 Å². The zero-order valence-corrected chi connectivity index (χ0v) is 28.8. The second-order valence-electron chi connectivity index (χ2n) is 13.6. The lowest BCUT2D eigenvalue weighted by Crippen LogP contribution is -2.47. The van der Waals surface area contributed by atoms with Crippen LogP contribution in [0.1, 0.15) is 67.4 Å². The number of nitrogens with zero attached hydrogens (tertiary/aromatic N) is 2. The summed E-state index contributed by atoms with van der Waals surface area (Å²) in [6.07, 6.45) is 5.23. The predicted molar refractivity (Wildman–Crippen MR) is 193 cm³/mol. The number of nitrogens with one attached hydrogen (secondary N) is 3. The van der Waals surface area contributed by atoms with E-state index in [-0.39, 0.29) is 55.0 Å². The quantitative estimate of drug-likeness (QED) is 0.185. The Balaban J connectivity index is 1.27. The molecule has 2 aliphatic rings. The summed E-state index contributed by atoms with van der Waals surface area (Å²) in [4.78, 5) is 43.1. The Kier molecular flexibility index (Phi) is 12.1. The first kappa shape index (κ1) is 35.7. The minimum absolute atomic E-state index is 0.0538. The number of fused-ring (bicyclic) bond motifs is 1. The highest BCUT2D eigenvalue weighted by atomic mass is 16.5. The molecule has 3 aromatic rings. The number of nitrogens with two attached hydrogens (primary N) is 1. The highest BCUT2D eigenvalue weighted by Gasteiger charge is 2.31. The van der Waals surface area contributed by atoms with E-state index in [0.717, 1.165) is 31.2 Å². The lowest BCUT2D eigenvalue weighted by molar-refractivity contribution is -0.134. The Morgan fingerprint density at radius 3 is 2.49 bits per heavy atom. The third-order valence-electron chi connectivity index (χ3n) is 9.48. The molecule has 3 atom stereocenters. The maximum absolute atomic E-state index is 13.6. The number of ether oxygens (including phenoxy) is 1. The number of amides is 4. The van der Waals surface area contributed by atoms with E-state index < -0.39 is 0 Å². The molecule has 0 bridgehead atoms. The van der Waals surface area contributed by atoms with Gasteiger partial charge in [-0.25, -0.2) is 4.79 Å². The fraction of sp³-hybridized carbons (Fsp3) is 0.447. The number of nitrogen functional groups attached to an aromatic ring is 1. The second kappa shape index (κ2) is 16.7. The van der Waals surface area contributed by atoms with E-state index in [9.17, 15) is 19.5 Å². The number of para-hydroxylation sites is 2. The van der Waals surface area contributed by atoms with Crippen molar-refractivity contribution in [3.63, 3.8) is 0 Å². The van der Waals surface area contributed by atoms with Gasteiger partial charge in [-0.15, -0.1) is 0 Å². The van der Waals surface area contributed by atoms with Crippen molar-refractivity contribution < 1.29 is 24.2 Å². The molecule has 11 heteroatoms. The van der Waals surface area contributed by atoms with Gasteiger partial charge < -0.3 is 36.4 Å². The average molecular weight is 671 g/mol. The molecule has 5 rings (SSSR count). The van der Waals surface area contributed by atoms with Crippen LogP contribution in [0, 0.1) is 5.92 Å². The molecular weight excluding hydrogens is 620 g/mol. The molecule has 6 N–H and O–H groups in total. The Hall–Kier alpha value is -4.61. The molecule has 0 radical (unpaired) electrons. The SMILES string of the molecule is C[C@@H]1CN([C@@H](C)CO)C(=O)Cc2cc(NC(=O)NC3CCCCC3)ccc2O[C@H]1CN(C)Cc1ccc(C(=O)Nc2ccccc2N)cc1. The van der Waals surface area contributed by atoms with Crippen LogP contribution >= 0.6 is 0 Å². The number of benzene rings is 3. The summed E-state index contributed by atoms with van der Waals surface area (Å²) in [5.41, 5.74) is 9.89. The standard InChI is InChI=1S/C38H50N6O5/c1-25-21-44(26(2)24-45)36(46)20-29-19-31(41-38(48)40-30-9-5-4-6-10-30)17-18-34(29)49-35(25)23-43(3)22-27-13-15-28(16-14-27)37(47)42-33-12-8-7-11-32(33)39/h7-8,11-19,25-26,30,35,45H,4-6,9-10,20-24,39H2,1-3H3,(H,42,47)(H2,40,41,48)/t25-,26+,35+/m1/s1. The fourth-order valence-corrected chi connectivity index (χ4v) is 6.57. The zero-order valence-electron chi connectivity index (χ0n) is 28.8. The first-order valence-corrected chi connectivity index (χ1v) is 17.3. The number of carbonyl (C=O) groups is 3.